The van der Waals surface area contributed by atoms with Gasteiger partial charge in [-0.15, -0.1) is 11.3 Å². The summed E-state index contributed by atoms with van der Waals surface area (Å²) in [6.45, 7) is 0.0554. The first kappa shape index (κ1) is 21.4. The van der Waals surface area contributed by atoms with E-state index in [-0.39, 0.29) is 18.5 Å². The molecule has 3 aromatic rings. The lowest BCUT2D eigenvalue weighted by Gasteiger charge is -2.23. The van der Waals surface area contributed by atoms with Crippen molar-refractivity contribution < 1.29 is 14.3 Å². The average Bonchev–Trinajstić information content (AvgIpc) is 3.52. The Labute approximate surface area is 190 Å². The maximum Gasteiger partial charge on any atom is 0.262 e. The summed E-state index contributed by atoms with van der Waals surface area (Å²) in [4.78, 5) is 14.2. The normalized spacial score (nSPS) is 15.1. The molecule has 1 N–H and O–H groups in total. The first-order chi connectivity index (χ1) is 15.6. The number of ether oxygens (including phenoxy) is 2. The number of carbonyl (C=O) groups excluding carboxylic acids is 1. The van der Waals surface area contributed by atoms with Gasteiger partial charge in [0.1, 0.15) is 0 Å². The number of rotatable bonds is 7. The number of nitriles is 1. The van der Waals surface area contributed by atoms with Crippen LogP contribution in [0.3, 0.4) is 0 Å². The zero-order chi connectivity index (χ0) is 22.5. The molecule has 0 saturated carbocycles. The Bertz CT molecular complexity index is 1180. The van der Waals surface area contributed by atoms with Crippen LogP contribution in [0.25, 0.3) is 0 Å². The summed E-state index contributed by atoms with van der Waals surface area (Å²) in [5, 5.41) is 20.4. The predicted molar refractivity (Wildman–Crippen MR) is 124 cm³/mol. The highest BCUT2D eigenvalue weighted by molar-refractivity contribution is 7.12. The third-order valence-corrected chi connectivity index (χ3v) is 6.12. The van der Waals surface area contributed by atoms with Crippen molar-refractivity contribution in [3.05, 3.63) is 76.0 Å². The Kier molecular flexibility index (Phi) is 6.38. The van der Waals surface area contributed by atoms with Gasteiger partial charge < -0.3 is 14.8 Å². The molecule has 1 atom stereocenters. The second-order valence-corrected chi connectivity index (χ2v) is 8.09. The Morgan fingerprint density at radius 3 is 2.75 bits per heavy atom. The topological polar surface area (TPSA) is 87.0 Å². The highest BCUT2D eigenvalue weighted by Gasteiger charge is 2.33. The SMILES string of the molecule is COc1ccc([C@@H]2CC(c3cccs3)=NN2C(=O)CNc2cccc(C#N)c2)cc1OC. The van der Waals surface area contributed by atoms with E-state index in [0.717, 1.165) is 16.2 Å². The molecular weight excluding hydrogens is 424 g/mol. The van der Waals surface area contributed by atoms with Gasteiger partial charge in [0.05, 0.1) is 49.0 Å². The molecule has 1 aliphatic heterocycles. The van der Waals surface area contributed by atoms with Gasteiger partial charge in [0.25, 0.3) is 5.91 Å². The molecule has 0 spiro atoms. The molecule has 8 heteroatoms. The molecular formula is C24H22N4O3S. The number of hydrogen-bond acceptors (Lipinski definition) is 7. The van der Waals surface area contributed by atoms with Gasteiger partial charge in [0, 0.05) is 12.1 Å². The molecule has 2 aromatic carbocycles. The maximum atomic E-state index is 13.2. The molecule has 7 nitrogen and oxygen atoms in total. The Morgan fingerprint density at radius 2 is 2.03 bits per heavy atom. The quantitative estimate of drug-likeness (QED) is 0.580. The number of nitrogens with one attached hydrogen (secondary N) is 1. The number of thiophene rings is 1. The Morgan fingerprint density at radius 1 is 1.19 bits per heavy atom. The van der Waals surface area contributed by atoms with Crippen molar-refractivity contribution in [3.8, 4) is 17.6 Å². The van der Waals surface area contributed by atoms with Gasteiger partial charge in [-0.05, 0) is 47.3 Å². The Hall–Kier alpha value is -3.83. The molecule has 1 aliphatic rings. The summed E-state index contributed by atoms with van der Waals surface area (Å²) in [5.74, 6) is 1.07. The Balaban J connectivity index is 1.59. The number of carbonyl (C=O) groups is 1. The van der Waals surface area contributed by atoms with E-state index in [4.69, 9.17) is 14.7 Å². The summed E-state index contributed by atoms with van der Waals surface area (Å²) in [5.41, 5.74) is 3.03. The van der Waals surface area contributed by atoms with Crippen LogP contribution < -0.4 is 14.8 Å². The summed E-state index contributed by atoms with van der Waals surface area (Å²) in [7, 11) is 3.18. The monoisotopic (exact) mass is 446 g/mol. The van der Waals surface area contributed by atoms with Crippen LogP contribution in [0.1, 0.15) is 28.5 Å². The molecule has 32 heavy (non-hydrogen) atoms. The summed E-state index contributed by atoms with van der Waals surface area (Å²) in [6.07, 6.45) is 0.603. The first-order valence-corrected chi connectivity index (χ1v) is 10.9. The zero-order valence-electron chi connectivity index (χ0n) is 17.7. The van der Waals surface area contributed by atoms with Gasteiger partial charge in [-0.2, -0.15) is 10.4 Å². The largest absolute Gasteiger partial charge is 0.493 e. The van der Waals surface area contributed by atoms with E-state index in [2.05, 4.69) is 16.5 Å². The summed E-state index contributed by atoms with van der Waals surface area (Å²) in [6, 6.07) is 18.5. The lowest BCUT2D eigenvalue weighted by atomic mass is 10.0. The van der Waals surface area contributed by atoms with Gasteiger partial charge >= 0.3 is 0 Å². The standard InChI is InChI=1S/C24H22N4O3S/c1-30-21-9-8-17(12-22(21)31-2)20-13-19(23-7-4-10-32-23)27-28(20)24(29)15-26-18-6-3-5-16(11-18)14-25/h3-12,20,26H,13,15H2,1-2H3/t20-/m0/s1. The summed E-state index contributed by atoms with van der Waals surface area (Å²) >= 11 is 1.60. The van der Waals surface area contributed by atoms with Gasteiger partial charge in [-0.3, -0.25) is 4.79 Å². The van der Waals surface area contributed by atoms with Crippen LogP contribution in [0.2, 0.25) is 0 Å². The molecule has 0 aliphatic carbocycles. The fourth-order valence-electron chi connectivity index (χ4n) is 3.61. The fraction of sp³-hybridized carbons (Fsp3) is 0.208. The number of benzene rings is 2. The van der Waals surface area contributed by atoms with Crippen LogP contribution in [-0.2, 0) is 4.79 Å². The van der Waals surface area contributed by atoms with E-state index >= 15 is 0 Å². The minimum atomic E-state index is -0.258. The van der Waals surface area contributed by atoms with E-state index < -0.39 is 0 Å². The van der Waals surface area contributed by atoms with Gasteiger partial charge in [-0.25, -0.2) is 5.01 Å². The molecule has 0 fully saturated rings. The van der Waals surface area contributed by atoms with Crippen LogP contribution in [-0.4, -0.2) is 37.4 Å². The fourth-order valence-corrected chi connectivity index (χ4v) is 4.33. The molecule has 1 amide bonds. The minimum Gasteiger partial charge on any atom is -0.493 e. The summed E-state index contributed by atoms with van der Waals surface area (Å²) < 4.78 is 10.8. The average molecular weight is 447 g/mol. The van der Waals surface area contributed by atoms with Crippen molar-refractivity contribution in [1.82, 2.24) is 5.01 Å². The van der Waals surface area contributed by atoms with Crippen molar-refractivity contribution in [2.75, 3.05) is 26.1 Å². The van der Waals surface area contributed by atoms with Crippen LogP contribution in [0, 0.1) is 11.3 Å². The van der Waals surface area contributed by atoms with Crippen molar-refractivity contribution in [2.24, 2.45) is 5.10 Å². The highest BCUT2D eigenvalue weighted by atomic mass is 32.1. The molecule has 162 valence electrons. The first-order valence-electron chi connectivity index (χ1n) is 10.0. The molecule has 1 aromatic heterocycles. The van der Waals surface area contributed by atoms with E-state index in [9.17, 15) is 4.79 Å². The van der Waals surface area contributed by atoms with E-state index in [1.807, 2.05) is 41.8 Å². The molecule has 0 unspecified atom stereocenters. The van der Waals surface area contributed by atoms with E-state index in [1.54, 1.807) is 43.8 Å². The molecule has 0 radical (unpaired) electrons. The number of anilines is 1. The lowest BCUT2D eigenvalue weighted by Crippen LogP contribution is -2.32. The van der Waals surface area contributed by atoms with Gasteiger partial charge in [0.15, 0.2) is 11.5 Å². The molecule has 2 heterocycles. The van der Waals surface area contributed by atoms with Crippen molar-refractivity contribution >= 4 is 28.6 Å². The van der Waals surface area contributed by atoms with Crippen molar-refractivity contribution in [2.45, 2.75) is 12.5 Å². The number of hydrogen-bond donors (Lipinski definition) is 1. The highest BCUT2D eigenvalue weighted by Crippen LogP contribution is 2.37. The van der Waals surface area contributed by atoms with Crippen LogP contribution >= 0.6 is 11.3 Å². The lowest BCUT2D eigenvalue weighted by molar-refractivity contribution is -0.131. The molecule has 0 bridgehead atoms. The number of hydrazone groups is 1. The maximum absolute atomic E-state index is 13.2. The smallest absolute Gasteiger partial charge is 0.262 e. The van der Waals surface area contributed by atoms with Gasteiger partial charge in [-0.1, -0.05) is 18.2 Å². The minimum absolute atomic E-state index is 0.0554. The third-order valence-electron chi connectivity index (χ3n) is 5.20. The number of amides is 1. The number of methoxy groups -OCH3 is 2. The van der Waals surface area contributed by atoms with Crippen molar-refractivity contribution in [1.29, 1.82) is 5.26 Å². The van der Waals surface area contributed by atoms with Crippen molar-refractivity contribution in [3.63, 3.8) is 0 Å². The zero-order valence-corrected chi connectivity index (χ0v) is 18.6. The second-order valence-electron chi connectivity index (χ2n) is 7.14. The van der Waals surface area contributed by atoms with Gasteiger partial charge in [0.2, 0.25) is 0 Å². The van der Waals surface area contributed by atoms with Crippen LogP contribution in [0.15, 0.2) is 65.1 Å². The molecule has 4 rings (SSSR count). The second kappa shape index (κ2) is 9.54. The third kappa shape index (κ3) is 4.43. The molecule has 0 saturated heterocycles. The predicted octanol–water partition coefficient (Wildman–Crippen LogP) is 4.43. The number of nitrogens with zero attached hydrogens (tertiary/aromatic N) is 3. The van der Waals surface area contributed by atoms with E-state index in [1.165, 1.54) is 5.01 Å². The van der Waals surface area contributed by atoms with E-state index in [0.29, 0.717) is 29.2 Å². The van der Waals surface area contributed by atoms with Crippen LogP contribution in [0.5, 0.6) is 11.5 Å². The van der Waals surface area contributed by atoms with Crippen LogP contribution in [0.4, 0.5) is 5.69 Å².